The molecule has 128 valence electrons. The summed E-state index contributed by atoms with van der Waals surface area (Å²) in [5, 5.41) is 20.4. The van der Waals surface area contributed by atoms with Gasteiger partial charge in [-0.2, -0.15) is 0 Å². The van der Waals surface area contributed by atoms with Crippen LogP contribution in [0.4, 0.5) is 0 Å². The maximum absolute atomic E-state index is 11.7. The summed E-state index contributed by atoms with van der Waals surface area (Å²) < 4.78 is 16.3. The van der Waals surface area contributed by atoms with Gasteiger partial charge < -0.3 is 24.4 Å². The van der Waals surface area contributed by atoms with Gasteiger partial charge in [0.25, 0.3) is 0 Å². The molecule has 1 aliphatic rings. The molecule has 1 fully saturated rings. The van der Waals surface area contributed by atoms with E-state index < -0.39 is 36.7 Å². The van der Waals surface area contributed by atoms with Crippen molar-refractivity contribution in [2.24, 2.45) is 0 Å². The number of esters is 1. The molecular formula is C17H24O6. The van der Waals surface area contributed by atoms with E-state index in [4.69, 9.17) is 14.2 Å². The van der Waals surface area contributed by atoms with E-state index in [-0.39, 0.29) is 13.0 Å². The Morgan fingerprint density at radius 2 is 1.91 bits per heavy atom. The molecule has 1 saturated heterocycles. The Balaban J connectivity index is 1.98. The molecule has 0 radical (unpaired) electrons. The average molecular weight is 324 g/mol. The second kappa shape index (κ2) is 8.40. The summed E-state index contributed by atoms with van der Waals surface area (Å²) in [5.41, 5.74) is 0.932. The molecule has 2 rings (SSSR count). The highest BCUT2D eigenvalue weighted by Gasteiger charge is 2.45. The van der Waals surface area contributed by atoms with E-state index in [0.717, 1.165) is 5.56 Å². The minimum atomic E-state index is -1.24. The maximum atomic E-state index is 11.7. The Morgan fingerprint density at radius 3 is 2.57 bits per heavy atom. The normalized spacial score (nSPS) is 30.9. The Morgan fingerprint density at radius 1 is 1.22 bits per heavy atom. The highest BCUT2D eigenvalue weighted by Crippen LogP contribution is 2.25. The van der Waals surface area contributed by atoms with Crippen LogP contribution in [0.15, 0.2) is 30.3 Å². The van der Waals surface area contributed by atoms with E-state index in [0.29, 0.717) is 6.42 Å². The molecule has 23 heavy (non-hydrogen) atoms. The third kappa shape index (κ3) is 4.75. The highest BCUT2D eigenvalue weighted by molar-refractivity contribution is 5.69. The number of ether oxygens (including phenoxy) is 3. The van der Waals surface area contributed by atoms with Crippen LogP contribution in [0.5, 0.6) is 0 Å². The summed E-state index contributed by atoms with van der Waals surface area (Å²) >= 11 is 0. The summed E-state index contributed by atoms with van der Waals surface area (Å²) in [6, 6.07) is 9.46. The van der Waals surface area contributed by atoms with Crippen LogP contribution >= 0.6 is 0 Å². The van der Waals surface area contributed by atoms with Gasteiger partial charge in [-0.3, -0.25) is 4.79 Å². The molecule has 0 aliphatic carbocycles. The van der Waals surface area contributed by atoms with E-state index in [1.807, 2.05) is 37.3 Å². The van der Waals surface area contributed by atoms with Gasteiger partial charge in [-0.05, 0) is 18.9 Å². The van der Waals surface area contributed by atoms with E-state index >= 15 is 0 Å². The molecule has 0 bridgehead atoms. The average Bonchev–Trinajstić information content (AvgIpc) is 2.55. The van der Waals surface area contributed by atoms with Crippen molar-refractivity contribution in [2.45, 2.75) is 64.0 Å². The number of carbonyl (C=O) groups excluding carboxylic acids is 1. The zero-order valence-electron chi connectivity index (χ0n) is 13.4. The summed E-state index contributed by atoms with van der Waals surface area (Å²) in [6.07, 6.45) is -4.10. The molecule has 1 aromatic rings. The number of hydrogen-bond acceptors (Lipinski definition) is 6. The standard InChI is InChI=1S/C17H24O6/c1-3-7-13(18)23-16-14(19)11(2)22-17(15(16)20)21-10-12-8-5-4-6-9-12/h4-6,8-9,11,14-17,19-20H,3,7,10H2,1-2H3/t11-,14-,15-,16+,17+/m1/s1. The minimum absolute atomic E-state index is 0.237. The van der Waals surface area contributed by atoms with Crippen LogP contribution in [-0.2, 0) is 25.6 Å². The van der Waals surface area contributed by atoms with Crippen molar-refractivity contribution in [3.63, 3.8) is 0 Å². The highest BCUT2D eigenvalue weighted by atomic mass is 16.7. The van der Waals surface area contributed by atoms with E-state index in [1.54, 1.807) is 6.92 Å². The van der Waals surface area contributed by atoms with Crippen LogP contribution < -0.4 is 0 Å². The minimum Gasteiger partial charge on any atom is -0.456 e. The fraction of sp³-hybridized carbons (Fsp3) is 0.588. The molecular weight excluding hydrogens is 300 g/mol. The van der Waals surface area contributed by atoms with Crippen LogP contribution in [0.3, 0.4) is 0 Å². The Kier molecular flexibility index (Phi) is 6.53. The summed E-state index contributed by atoms with van der Waals surface area (Å²) in [4.78, 5) is 11.7. The Bertz CT molecular complexity index is 491. The lowest BCUT2D eigenvalue weighted by molar-refractivity contribution is -0.298. The third-order valence-corrected chi connectivity index (χ3v) is 3.76. The largest absolute Gasteiger partial charge is 0.456 e. The summed E-state index contributed by atoms with van der Waals surface area (Å²) in [7, 11) is 0. The smallest absolute Gasteiger partial charge is 0.306 e. The fourth-order valence-corrected chi connectivity index (χ4v) is 2.44. The van der Waals surface area contributed by atoms with Gasteiger partial charge in [-0.25, -0.2) is 0 Å². The molecule has 1 aliphatic heterocycles. The number of rotatable bonds is 6. The van der Waals surface area contributed by atoms with Crippen molar-refractivity contribution in [1.82, 2.24) is 0 Å². The Labute approximate surface area is 136 Å². The van der Waals surface area contributed by atoms with Gasteiger partial charge in [0.2, 0.25) is 0 Å². The zero-order valence-corrected chi connectivity index (χ0v) is 13.4. The van der Waals surface area contributed by atoms with Crippen molar-refractivity contribution in [3.05, 3.63) is 35.9 Å². The van der Waals surface area contributed by atoms with Crippen LogP contribution in [0.25, 0.3) is 0 Å². The predicted molar refractivity (Wildman–Crippen MR) is 82.4 cm³/mol. The summed E-state index contributed by atoms with van der Waals surface area (Å²) in [6.45, 7) is 3.75. The second-order valence-electron chi connectivity index (χ2n) is 5.69. The lowest BCUT2D eigenvalue weighted by Gasteiger charge is -2.40. The number of benzene rings is 1. The molecule has 1 heterocycles. The van der Waals surface area contributed by atoms with Crippen molar-refractivity contribution in [3.8, 4) is 0 Å². The molecule has 0 aromatic heterocycles. The van der Waals surface area contributed by atoms with Crippen molar-refractivity contribution in [2.75, 3.05) is 0 Å². The van der Waals surface area contributed by atoms with Gasteiger partial charge in [-0.1, -0.05) is 37.3 Å². The van der Waals surface area contributed by atoms with Crippen molar-refractivity contribution < 1.29 is 29.2 Å². The fourth-order valence-electron chi connectivity index (χ4n) is 2.44. The van der Waals surface area contributed by atoms with E-state index in [2.05, 4.69) is 0 Å². The van der Waals surface area contributed by atoms with Crippen LogP contribution in [0.1, 0.15) is 32.3 Å². The van der Waals surface area contributed by atoms with Crippen molar-refractivity contribution in [1.29, 1.82) is 0 Å². The van der Waals surface area contributed by atoms with Crippen LogP contribution in [0, 0.1) is 0 Å². The van der Waals surface area contributed by atoms with Gasteiger partial charge in [-0.15, -0.1) is 0 Å². The first kappa shape index (κ1) is 17.9. The van der Waals surface area contributed by atoms with Gasteiger partial charge in [0, 0.05) is 6.42 Å². The van der Waals surface area contributed by atoms with Gasteiger partial charge in [0.1, 0.15) is 12.2 Å². The first-order chi connectivity index (χ1) is 11.0. The predicted octanol–water partition coefficient (Wildman–Crippen LogP) is 1.38. The molecule has 2 N–H and O–H groups in total. The molecule has 0 saturated carbocycles. The van der Waals surface area contributed by atoms with Crippen LogP contribution in [-0.4, -0.2) is 46.9 Å². The quantitative estimate of drug-likeness (QED) is 0.769. The first-order valence-corrected chi connectivity index (χ1v) is 7.89. The lowest BCUT2D eigenvalue weighted by Crippen LogP contribution is -2.58. The van der Waals surface area contributed by atoms with Gasteiger partial charge in [0.15, 0.2) is 12.4 Å². The number of carbonyl (C=O) groups is 1. The molecule has 0 unspecified atom stereocenters. The lowest BCUT2D eigenvalue weighted by atomic mass is 9.99. The van der Waals surface area contributed by atoms with E-state index in [1.165, 1.54) is 0 Å². The number of aliphatic hydroxyl groups is 2. The SMILES string of the molecule is CCCC(=O)O[C@@H]1[C@@H](O)[C@@H](OCc2ccccc2)O[C@H](C)[C@H]1O. The Hall–Kier alpha value is -1.47. The summed E-state index contributed by atoms with van der Waals surface area (Å²) in [5.74, 6) is -0.452. The molecule has 0 amide bonds. The second-order valence-corrected chi connectivity index (χ2v) is 5.69. The van der Waals surface area contributed by atoms with Crippen LogP contribution in [0.2, 0.25) is 0 Å². The van der Waals surface area contributed by atoms with E-state index in [9.17, 15) is 15.0 Å². The van der Waals surface area contributed by atoms with Gasteiger partial charge in [0.05, 0.1) is 12.7 Å². The monoisotopic (exact) mass is 324 g/mol. The first-order valence-electron chi connectivity index (χ1n) is 7.89. The molecule has 5 atom stereocenters. The number of hydrogen-bond donors (Lipinski definition) is 2. The topological polar surface area (TPSA) is 85.2 Å². The third-order valence-electron chi connectivity index (χ3n) is 3.76. The number of aliphatic hydroxyl groups excluding tert-OH is 2. The zero-order chi connectivity index (χ0) is 16.8. The van der Waals surface area contributed by atoms with Gasteiger partial charge >= 0.3 is 5.97 Å². The molecule has 1 aromatic carbocycles. The molecule has 6 nitrogen and oxygen atoms in total. The molecule has 6 heteroatoms. The maximum Gasteiger partial charge on any atom is 0.306 e. The molecule has 0 spiro atoms. The van der Waals surface area contributed by atoms with Crippen molar-refractivity contribution >= 4 is 5.97 Å².